The van der Waals surface area contributed by atoms with Gasteiger partial charge in [0, 0.05) is 22.6 Å². The number of nitrogens with zero attached hydrogens (tertiary/aromatic N) is 1. The average Bonchev–Trinajstić information content (AvgIpc) is 2.72. The highest BCUT2D eigenvalue weighted by Gasteiger charge is 2.41. The fraction of sp³-hybridized carbons (Fsp3) is 0.296. The molecule has 1 heteroatoms. The second-order valence-electron chi connectivity index (χ2n) is 9.02. The number of hydrogen-bond acceptors (Lipinski definition) is 1. The highest BCUT2D eigenvalue weighted by atomic mass is 14.7. The zero-order valence-electron chi connectivity index (χ0n) is 17.8. The molecule has 0 bridgehead atoms. The molecule has 0 spiro atoms. The van der Waals surface area contributed by atoms with Crippen LogP contribution in [-0.4, -0.2) is 4.98 Å². The lowest BCUT2D eigenvalue weighted by Crippen LogP contribution is -2.36. The predicted molar refractivity (Wildman–Crippen MR) is 120 cm³/mol. The van der Waals surface area contributed by atoms with Crippen LogP contribution in [0.5, 0.6) is 0 Å². The first-order valence-corrected chi connectivity index (χ1v) is 10.1. The third-order valence-electron chi connectivity index (χ3n) is 6.94. The van der Waals surface area contributed by atoms with Crippen LogP contribution < -0.4 is 0 Å². The minimum Gasteiger partial charge on any atom is -0.256 e. The van der Waals surface area contributed by atoms with Crippen LogP contribution in [0.4, 0.5) is 0 Å². The van der Waals surface area contributed by atoms with Crippen LogP contribution >= 0.6 is 0 Å². The van der Waals surface area contributed by atoms with Crippen LogP contribution in [0.3, 0.4) is 0 Å². The lowest BCUT2D eigenvalue weighted by atomic mass is 9.59. The second-order valence-corrected chi connectivity index (χ2v) is 9.02. The Hall–Kier alpha value is -2.67. The Morgan fingerprint density at radius 1 is 0.679 bits per heavy atom. The number of hydrogen-bond donors (Lipinski definition) is 0. The van der Waals surface area contributed by atoms with E-state index in [1.165, 1.54) is 39.0 Å². The Balaban J connectivity index is 1.96. The van der Waals surface area contributed by atoms with E-state index in [-0.39, 0.29) is 10.8 Å². The van der Waals surface area contributed by atoms with E-state index < -0.39 is 0 Å². The first-order chi connectivity index (χ1) is 13.2. The topological polar surface area (TPSA) is 12.9 Å². The van der Waals surface area contributed by atoms with Crippen molar-refractivity contribution >= 4 is 0 Å². The maximum atomic E-state index is 4.78. The van der Waals surface area contributed by atoms with Gasteiger partial charge in [-0.1, -0.05) is 87.4 Å². The van der Waals surface area contributed by atoms with E-state index in [4.69, 9.17) is 4.98 Å². The fourth-order valence-electron chi connectivity index (χ4n) is 4.67. The number of fused-ring (bicyclic) bond motifs is 1. The summed E-state index contributed by atoms with van der Waals surface area (Å²) < 4.78 is 0. The summed E-state index contributed by atoms with van der Waals surface area (Å²) in [6, 6.07) is 21.6. The summed E-state index contributed by atoms with van der Waals surface area (Å²) in [4.78, 5) is 4.78. The highest BCUT2D eigenvalue weighted by Crippen LogP contribution is 2.51. The molecule has 1 heterocycles. The number of rotatable bonds is 2. The number of allylic oxidation sites excluding steroid dienone is 2. The molecule has 0 saturated heterocycles. The Kier molecular flexibility index (Phi) is 4.30. The van der Waals surface area contributed by atoms with Gasteiger partial charge >= 0.3 is 0 Å². The highest BCUT2D eigenvalue weighted by molar-refractivity contribution is 5.76. The molecule has 1 aliphatic rings. The van der Waals surface area contributed by atoms with E-state index in [1.807, 2.05) is 6.20 Å². The van der Waals surface area contributed by atoms with Crippen LogP contribution in [0.25, 0.3) is 22.4 Å². The molecule has 0 radical (unpaired) electrons. The SMILES string of the molecule is CC1=C(C)C(C)(C)c2c(-c3cc(-c4ccccc4)ccn3)cccc2C1(C)C. The second kappa shape index (κ2) is 6.44. The van der Waals surface area contributed by atoms with E-state index in [2.05, 4.69) is 102 Å². The predicted octanol–water partition coefficient (Wildman–Crippen LogP) is 7.32. The summed E-state index contributed by atoms with van der Waals surface area (Å²) in [5.41, 5.74) is 10.5. The monoisotopic (exact) mass is 367 g/mol. The van der Waals surface area contributed by atoms with Crippen molar-refractivity contribution in [2.45, 2.75) is 52.4 Å². The quantitative estimate of drug-likeness (QED) is 0.432. The molecular formula is C27H29N. The summed E-state index contributed by atoms with van der Waals surface area (Å²) in [7, 11) is 0. The van der Waals surface area contributed by atoms with Crippen molar-refractivity contribution in [3.63, 3.8) is 0 Å². The third kappa shape index (κ3) is 2.73. The zero-order valence-corrected chi connectivity index (χ0v) is 17.8. The van der Waals surface area contributed by atoms with Crippen LogP contribution in [0.1, 0.15) is 52.7 Å². The Bertz CT molecular complexity index is 1070. The molecule has 0 atom stereocenters. The maximum Gasteiger partial charge on any atom is 0.0711 e. The van der Waals surface area contributed by atoms with Crippen molar-refractivity contribution in [3.8, 4) is 22.4 Å². The van der Waals surface area contributed by atoms with Crippen LogP contribution in [0, 0.1) is 0 Å². The van der Waals surface area contributed by atoms with Crippen LogP contribution in [0.15, 0.2) is 78.0 Å². The van der Waals surface area contributed by atoms with Gasteiger partial charge in [-0.05, 0) is 48.2 Å². The van der Waals surface area contributed by atoms with Crippen LogP contribution in [-0.2, 0) is 10.8 Å². The smallest absolute Gasteiger partial charge is 0.0711 e. The summed E-state index contributed by atoms with van der Waals surface area (Å²) in [5, 5.41) is 0. The van der Waals surface area contributed by atoms with Gasteiger partial charge in [-0.2, -0.15) is 0 Å². The van der Waals surface area contributed by atoms with Gasteiger partial charge in [-0.15, -0.1) is 0 Å². The molecule has 3 aromatic rings. The van der Waals surface area contributed by atoms with E-state index in [0.29, 0.717) is 0 Å². The first kappa shape index (κ1) is 18.7. The van der Waals surface area contributed by atoms with E-state index in [1.54, 1.807) is 0 Å². The Morgan fingerprint density at radius 2 is 1.36 bits per heavy atom. The van der Waals surface area contributed by atoms with Crippen molar-refractivity contribution in [3.05, 3.63) is 89.1 Å². The summed E-state index contributed by atoms with van der Waals surface area (Å²) in [6.07, 6.45) is 1.94. The first-order valence-electron chi connectivity index (χ1n) is 10.1. The molecule has 28 heavy (non-hydrogen) atoms. The molecule has 0 saturated carbocycles. The normalized spacial score (nSPS) is 17.4. The summed E-state index contributed by atoms with van der Waals surface area (Å²) in [6.45, 7) is 14.0. The van der Waals surface area contributed by atoms with Gasteiger partial charge in [0.05, 0.1) is 5.69 Å². The molecular weight excluding hydrogens is 338 g/mol. The number of benzene rings is 2. The van der Waals surface area contributed by atoms with Crippen molar-refractivity contribution in [1.29, 1.82) is 0 Å². The lowest BCUT2D eigenvalue weighted by molar-refractivity contribution is 0.505. The molecule has 142 valence electrons. The minimum absolute atomic E-state index is 0.0179. The van der Waals surface area contributed by atoms with Gasteiger partial charge < -0.3 is 0 Å². The molecule has 1 aliphatic carbocycles. The largest absolute Gasteiger partial charge is 0.256 e. The standard InChI is InChI=1S/C27H29N/c1-18-19(2)27(5,6)25-22(13-10-14-23(25)26(18,3)4)24-17-21(15-16-28-24)20-11-8-7-9-12-20/h7-17H,1-6H3. The molecule has 1 aromatic heterocycles. The number of pyridine rings is 1. The van der Waals surface area contributed by atoms with Gasteiger partial charge in [-0.3, -0.25) is 4.98 Å². The average molecular weight is 368 g/mol. The van der Waals surface area contributed by atoms with Crippen LogP contribution in [0.2, 0.25) is 0 Å². The molecule has 0 N–H and O–H groups in total. The lowest BCUT2D eigenvalue weighted by Gasteiger charge is -2.45. The Labute approximate surface area is 169 Å². The van der Waals surface area contributed by atoms with Crippen molar-refractivity contribution < 1.29 is 0 Å². The molecule has 0 amide bonds. The van der Waals surface area contributed by atoms with E-state index in [9.17, 15) is 0 Å². The van der Waals surface area contributed by atoms with E-state index >= 15 is 0 Å². The van der Waals surface area contributed by atoms with Crippen molar-refractivity contribution in [2.24, 2.45) is 0 Å². The third-order valence-corrected chi connectivity index (χ3v) is 6.94. The molecule has 0 aliphatic heterocycles. The maximum absolute atomic E-state index is 4.78. The molecule has 2 aromatic carbocycles. The van der Waals surface area contributed by atoms with Gasteiger partial charge in [0.25, 0.3) is 0 Å². The molecule has 1 nitrogen and oxygen atoms in total. The van der Waals surface area contributed by atoms with Crippen molar-refractivity contribution in [2.75, 3.05) is 0 Å². The van der Waals surface area contributed by atoms with Gasteiger partial charge in [0.15, 0.2) is 0 Å². The zero-order chi connectivity index (χ0) is 20.1. The molecule has 4 rings (SSSR count). The minimum atomic E-state index is -0.0179. The molecule has 0 unspecified atom stereocenters. The Morgan fingerprint density at radius 3 is 2.07 bits per heavy atom. The fourth-order valence-corrected chi connectivity index (χ4v) is 4.67. The van der Waals surface area contributed by atoms with Crippen molar-refractivity contribution in [1.82, 2.24) is 4.98 Å². The van der Waals surface area contributed by atoms with Gasteiger partial charge in [0.1, 0.15) is 0 Å². The van der Waals surface area contributed by atoms with Gasteiger partial charge in [-0.25, -0.2) is 0 Å². The summed E-state index contributed by atoms with van der Waals surface area (Å²) in [5.74, 6) is 0. The van der Waals surface area contributed by atoms with Gasteiger partial charge in [0.2, 0.25) is 0 Å². The molecule has 0 fully saturated rings. The number of aromatic nitrogens is 1. The van der Waals surface area contributed by atoms with E-state index in [0.717, 1.165) is 5.69 Å². The summed E-state index contributed by atoms with van der Waals surface area (Å²) >= 11 is 0.